The van der Waals surface area contributed by atoms with Crippen molar-refractivity contribution in [3.63, 3.8) is 0 Å². The second-order valence-electron chi connectivity index (χ2n) is 7.10. The van der Waals surface area contributed by atoms with E-state index in [0.717, 1.165) is 32.4 Å². The van der Waals surface area contributed by atoms with Gasteiger partial charge in [-0.1, -0.05) is 44.2 Å². The molecule has 0 radical (unpaired) electrons. The van der Waals surface area contributed by atoms with Crippen LogP contribution in [-0.2, 0) is 16.0 Å². The van der Waals surface area contributed by atoms with E-state index in [1.54, 1.807) is 0 Å². The van der Waals surface area contributed by atoms with Gasteiger partial charge in [0.1, 0.15) is 0 Å². The molecule has 0 bridgehead atoms. The molecule has 25 heavy (non-hydrogen) atoms. The monoisotopic (exact) mass is 345 g/mol. The number of hydrogen-bond donors (Lipinski definition) is 2. The first-order valence-electron chi connectivity index (χ1n) is 9.34. The normalized spacial score (nSPS) is 18.7. The van der Waals surface area contributed by atoms with Gasteiger partial charge in [0.25, 0.3) is 0 Å². The molecule has 0 unspecified atom stereocenters. The Morgan fingerprint density at radius 2 is 1.96 bits per heavy atom. The summed E-state index contributed by atoms with van der Waals surface area (Å²) < 4.78 is 0. The van der Waals surface area contributed by atoms with Crippen molar-refractivity contribution < 1.29 is 9.59 Å². The number of rotatable bonds is 8. The lowest BCUT2D eigenvalue weighted by molar-refractivity contribution is -0.134. The quantitative estimate of drug-likeness (QED) is 0.759. The molecule has 0 aromatic heterocycles. The van der Waals surface area contributed by atoms with Gasteiger partial charge in [0.15, 0.2) is 0 Å². The van der Waals surface area contributed by atoms with E-state index < -0.39 is 0 Å². The second-order valence-corrected chi connectivity index (χ2v) is 7.10. The molecular formula is C20H31N3O2. The van der Waals surface area contributed by atoms with E-state index in [4.69, 9.17) is 0 Å². The largest absolute Gasteiger partial charge is 0.353 e. The van der Waals surface area contributed by atoms with Gasteiger partial charge in [0.2, 0.25) is 11.8 Å². The summed E-state index contributed by atoms with van der Waals surface area (Å²) >= 11 is 0. The van der Waals surface area contributed by atoms with E-state index in [0.29, 0.717) is 6.54 Å². The number of hydrogen-bond acceptors (Lipinski definition) is 3. The molecule has 2 amide bonds. The van der Waals surface area contributed by atoms with E-state index in [1.165, 1.54) is 5.56 Å². The van der Waals surface area contributed by atoms with Crippen LogP contribution in [0, 0.1) is 0 Å². The van der Waals surface area contributed by atoms with Crippen LogP contribution in [0.1, 0.15) is 45.6 Å². The minimum absolute atomic E-state index is 0.0378. The number of nitrogens with one attached hydrogen (secondary N) is 2. The third-order valence-corrected chi connectivity index (χ3v) is 5.35. The summed E-state index contributed by atoms with van der Waals surface area (Å²) in [4.78, 5) is 27.0. The first-order valence-corrected chi connectivity index (χ1v) is 9.34. The molecule has 138 valence electrons. The zero-order chi connectivity index (χ0) is 18.3. The molecule has 5 heteroatoms. The molecule has 0 aliphatic carbocycles. The van der Waals surface area contributed by atoms with Crippen LogP contribution in [0.25, 0.3) is 0 Å². The number of benzene rings is 1. The molecule has 1 fully saturated rings. The zero-order valence-corrected chi connectivity index (χ0v) is 15.7. The minimum Gasteiger partial charge on any atom is -0.353 e. The minimum atomic E-state index is -0.379. The Morgan fingerprint density at radius 1 is 1.28 bits per heavy atom. The maximum absolute atomic E-state index is 12.5. The molecule has 1 aromatic carbocycles. The molecule has 0 saturated carbocycles. The average Bonchev–Trinajstić information content (AvgIpc) is 2.63. The van der Waals surface area contributed by atoms with E-state index in [-0.39, 0.29) is 29.8 Å². The third-order valence-electron chi connectivity index (χ3n) is 5.35. The molecule has 1 aliphatic rings. The first kappa shape index (κ1) is 19.4. The van der Waals surface area contributed by atoms with Crippen LogP contribution < -0.4 is 10.6 Å². The Labute approximate surface area is 151 Å². The predicted octanol–water partition coefficient (Wildman–Crippen LogP) is 2.11. The first-order chi connectivity index (χ1) is 12.0. The van der Waals surface area contributed by atoms with Crippen LogP contribution in [0.4, 0.5) is 0 Å². The summed E-state index contributed by atoms with van der Waals surface area (Å²) in [5.74, 6) is -0.0814. The van der Waals surface area contributed by atoms with Crippen molar-refractivity contribution in [3.05, 3.63) is 35.9 Å². The van der Waals surface area contributed by atoms with E-state index in [9.17, 15) is 9.59 Å². The molecule has 1 atom stereocenters. The van der Waals surface area contributed by atoms with Crippen LogP contribution in [-0.4, -0.2) is 47.9 Å². The fourth-order valence-electron chi connectivity index (χ4n) is 3.16. The van der Waals surface area contributed by atoms with Crippen molar-refractivity contribution in [2.24, 2.45) is 0 Å². The van der Waals surface area contributed by atoms with Gasteiger partial charge in [-0.15, -0.1) is 0 Å². The van der Waals surface area contributed by atoms with Gasteiger partial charge in [-0.25, -0.2) is 0 Å². The topological polar surface area (TPSA) is 61.4 Å². The van der Waals surface area contributed by atoms with Gasteiger partial charge in [-0.05, 0) is 31.7 Å². The van der Waals surface area contributed by atoms with E-state index >= 15 is 0 Å². The Kier molecular flexibility index (Phi) is 7.00. The lowest BCUT2D eigenvalue weighted by Gasteiger charge is -2.36. The fraction of sp³-hybridized carbons (Fsp3) is 0.600. The Bertz CT molecular complexity index is 570. The van der Waals surface area contributed by atoms with E-state index in [2.05, 4.69) is 48.4 Å². The lowest BCUT2D eigenvalue weighted by Crippen LogP contribution is -2.57. The molecule has 1 aliphatic heterocycles. The second kappa shape index (κ2) is 8.99. The van der Waals surface area contributed by atoms with Crippen LogP contribution in [0.2, 0.25) is 0 Å². The van der Waals surface area contributed by atoms with Gasteiger partial charge in [-0.3, -0.25) is 14.5 Å². The number of carbonyl (C=O) groups excluding carboxylic acids is 2. The van der Waals surface area contributed by atoms with Crippen molar-refractivity contribution in [1.29, 1.82) is 0 Å². The summed E-state index contributed by atoms with van der Waals surface area (Å²) in [7, 11) is 0. The number of piperazine rings is 1. The van der Waals surface area contributed by atoms with Gasteiger partial charge in [0.05, 0.1) is 12.5 Å². The maximum Gasteiger partial charge on any atom is 0.237 e. The molecular weight excluding hydrogens is 314 g/mol. The smallest absolute Gasteiger partial charge is 0.237 e. The predicted molar refractivity (Wildman–Crippen MR) is 100 cm³/mol. The van der Waals surface area contributed by atoms with Gasteiger partial charge >= 0.3 is 0 Å². The van der Waals surface area contributed by atoms with E-state index in [1.807, 2.05) is 18.2 Å². The fourth-order valence-corrected chi connectivity index (χ4v) is 3.16. The highest BCUT2D eigenvalue weighted by atomic mass is 16.2. The van der Waals surface area contributed by atoms with Crippen molar-refractivity contribution in [3.8, 4) is 0 Å². The number of carbonyl (C=O) groups is 2. The summed E-state index contributed by atoms with van der Waals surface area (Å²) in [6, 6.07) is 9.87. The van der Waals surface area contributed by atoms with Gasteiger partial charge in [-0.2, -0.15) is 0 Å². The third kappa shape index (κ3) is 5.56. The highest BCUT2D eigenvalue weighted by Gasteiger charge is 2.32. The van der Waals surface area contributed by atoms with Crippen molar-refractivity contribution in [1.82, 2.24) is 15.5 Å². The molecule has 1 heterocycles. The van der Waals surface area contributed by atoms with Crippen LogP contribution in [0.15, 0.2) is 30.3 Å². The van der Waals surface area contributed by atoms with Crippen LogP contribution in [0.3, 0.4) is 0 Å². The summed E-state index contributed by atoms with van der Waals surface area (Å²) in [5, 5.41) is 6.01. The van der Waals surface area contributed by atoms with Crippen molar-refractivity contribution >= 4 is 11.8 Å². The summed E-state index contributed by atoms with van der Waals surface area (Å²) in [6.07, 6.45) is 2.86. The molecule has 2 rings (SSSR count). The zero-order valence-electron chi connectivity index (χ0n) is 15.7. The average molecular weight is 345 g/mol. The Morgan fingerprint density at radius 3 is 2.60 bits per heavy atom. The molecule has 0 spiro atoms. The SMILES string of the molecule is CCC(C)(CC)NC(=O)C[C@H]1C(=O)NCCN1CCc1ccccc1. The lowest BCUT2D eigenvalue weighted by atomic mass is 9.95. The van der Waals surface area contributed by atoms with Gasteiger partial charge in [0, 0.05) is 25.2 Å². The molecule has 2 N–H and O–H groups in total. The maximum atomic E-state index is 12.5. The Balaban J connectivity index is 1.96. The molecule has 5 nitrogen and oxygen atoms in total. The summed E-state index contributed by atoms with van der Waals surface area (Å²) in [6.45, 7) is 8.42. The van der Waals surface area contributed by atoms with Gasteiger partial charge < -0.3 is 10.6 Å². The standard InChI is InChI=1S/C20H31N3O2/c1-4-20(3,5-2)22-18(24)15-17-19(25)21-12-14-23(17)13-11-16-9-7-6-8-10-16/h6-10,17H,4-5,11-15H2,1-3H3,(H,21,25)(H,22,24)/t17-/m0/s1. The highest BCUT2D eigenvalue weighted by molar-refractivity contribution is 5.89. The van der Waals surface area contributed by atoms with Crippen molar-refractivity contribution in [2.75, 3.05) is 19.6 Å². The van der Waals surface area contributed by atoms with Crippen LogP contribution in [0.5, 0.6) is 0 Å². The molecule has 1 aromatic rings. The summed E-state index contributed by atoms with van der Waals surface area (Å²) in [5.41, 5.74) is 1.05. The van der Waals surface area contributed by atoms with Crippen LogP contribution >= 0.6 is 0 Å². The Hall–Kier alpha value is -1.88. The highest BCUT2D eigenvalue weighted by Crippen LogP contribution is 2.16. The molecule has 1 saturated heterocycles. The number of amides is 2. The van der Waals surface area contributed by atoms with Crippen molar-refractivity contribution in [2.45, 2.75) is 58.0 Å². The number of nitrogens with zero attached hydrogens (tertiary/aromatic N) is 1.